The van der Waals surface area contributed by atoms with Crippen molar-refractivity contribution in [3.8, 4) is 0 Å². The predicted molar refractivity (Wildman–Crippen MR) is 79.9 cm³/mol. The molecule has 0 radical (unpaired) electrons. The van der Waals surface area contributed by atoms with Gasteiger partial charge in [0.05, 0.1) is 11.1 Å². The molecule has 1 aliphatic rings. The van der Waals surface area contributed by atoms with Crippen LogP contribution in [0, 0.1) is 0 Å². The summed E-state index contributed by atoms with van der Waals surface area (Å²) in [4.78, 5) is 28.4. The molecule has 3 rings (SSSR count). The lowest BCUT2D eigenvalue weighted by atomic mass is 10.0. The molecule has 21 heavy (non-hydrogen) atoms. The standard InChI is InChI=1S/C15H18N4O2/c16-15(21)18-11-5-8-19(9-6-11)14(20)12-3-1-2-10-4-7-17-13(10)12/h1-4,7,11,17H,5-6,8-9H2,(H3,16,18,21). The number of nitrogens with two attached hydrogens (primary N) is 1. The number of nitrogens with one attached hydrogen (secondary N) is 2. The number of carbonyl (C=O) groups excluding carboxylic acids is 2. The first-order chi connectivity index (χ1) is 10.1. The molecule has 0 atom stereocenters. The summed E-state index contributed by atoms with van der Waals surface area (Å²) in [5.74, 6) is 0.0283. The van der Waals surface area contributed by atoms with E-state index in [1.807, 2.05) is 35.4 Å². The van der Waals surface area contributed by atoms with Crippen LogP contribution >= 0.6 is 0 Å². The smallest absolute Gasteiger partial charge is 0.312 e. The molecule has 1 aromatic heterocycles. The summed E-state index contributed by atoms with van der Waals surface area (Å²) in [5.41, 5.74) is 6.69. The van der Waals surface area contributed by atoms with Crippen molar-refractivity contribution in [1.82, 2.24) is 15.2 Å². The number of primary amides is 1. The fourth-order valence-corrected chi connectivity index (χ4v) is 2.86. The highest BCUT2D eigenvalue weighted by atomic mass is 16.2. The molecule has 1 saturated heterocycles. The van der Waals surface area contributed by atoms with E-state index in [1.165, 1.54) is 0 Å². The van der Waals surface area contributed by atoms with Crippen molar-refractivity contribution in [2.45, 2.75) is 18.9 Å². The summed E-state index contributed by atoms with van der Waals surface area (Å²) in [7, 11) is 0. The van der Waals surface area contributed by atoms with Gasteiger partial charge in [-0.25, -0.2) is 4.79 Å². The summed E-state index contributed by atoms with van der Waals surface area (Å²) in [5, 5.41) is 3.73. The van der Waals surface area contributed by atoms with Gasteiger partial charge in [0.1, 0.15) is 0 Å². The Kier molecular flexibility index (Phi) is 3.51. The fourth-order valence-electron chi connectivity index (χ4n) is 2.86. The first-order valence-corrected chi connectivity index (χ1v) is 7.06. The largest absolute Gasteiger partial charge is 0.361 e. The zero-order valence-electron chi connectivity index (χ0n) is 11.6. The number of amides is 3. The minimum Gasteiger partial charge on any atom is -0.361 e. The lowest BCUT2D eigenvalue weighted by Crippen LogP contribution is -2.47. The van der Waals surface area contributed by atoms with E-state index in [2.05, 4.69) is 10.3 Å². The fraction of sp³-hybridized carbons (Fsp3) is 0.333. The van der Waals surface area contributed by atoms with Gasteiger partial charge in [0.25, 0.3) is 5.91 Å². The second-order valence-electron chi connectivity index (χ2n) is 5.32. The van der Waals surface area contributed by atoms with E-state index in [0.29, 0.717) is 18.7 Å². The topological polar surface area (TPSA) is 91.2 Å². The van der Waals surface area contributed by atoms with Crippen molar-refractivity contribution in [3.05, 3.63) is 36.0 Å². The van der Waals surface area contributed by atoms with Crippen molar-refractivity contribution >= 4 is 22.8 Å². The molecule has 2 aromatic rings. The number of likely N-dealkylation sites (tertiary alicyclic amines) is 1. The van der Waals surface area contributed by atoms with Crippen LogP contribution < -0.4 is 11.1 Å². The van der Waals surface area contributed by atoms with Crippen molar-refractivity contribution in [2.75, 3.05) is 13.1 Å². The maximum atomic E-state index is 12.6. The number of benzene rings is 1. The van der Waals surface area contributed by atoms with Crippen LogP contribution in [0.5, 0.6) is 0 Å². The molecule has 6 nitrogen and oxygen atoms in total. The van der Waals surface area contributed by atoms with Gasteiger partial charge in [-0.15, -0.1) is 0 Å². The summed E-state index contributed by atoms with van der Waals surface area (Å²) in [6.45, 7) is 1.25. The van der Waals surface area contributed by atoms with E-state index in [9.17, 15) is 9.59 Å². The number of nitrogens with zero attached hydrogens (tertiary/aromatic N) is 1. The number of H-pyrrole nitrogens is 1. The lowest BCUT2D eigenvalue weighted by Gasteiger charge is -2.32. The van der Waals surface area contributed by atoms with Gasteiger partial charge in [0.2, 0.25) is 0 Å². The van der Waals surface area contributed by atoms with Crippen LogP contribution in [0.2, 0.25) is 0 Å². The van der Waals surface area contributed by atoms with Crippen LogP contribution in [0.1, 0.15) is 23.2 Å². The van der Waals surface area contributed by atoms with Crippen LogP contribution in [0.4, 0.5) is 4.79 Å². The molecule has 6 heteroatoms. The highest BCUT2D eigenvalue weighted by Crippen LogP contribution is 2.20. The summed E-state index contributed by atoms with van der Waals surface area (Å²) >= 11 is 0. The highest BCUT2D eigenvalue weighted by Gasteiger charge is 2.25. The van der Waals surface area contributed by atoms with Crippen molar-refractivity contribution < 1.29 is 9.59 Å². The first-order valence-electron chi connectivity index (χ1n) is 7.06. The third-order valence-electron chi connectivity index (χ3n) is 3.95. The molecule has 4 N–H and O–H groups in total. The summed E-state index contributed by atoms with van der Waals surface area (Å²) in [6.07, 6.45) is 3.30. The molecule has 0 spiro atoms. The van der Waals surface area contributed by atoms with Crippen LogP contribution in [-0.2, 0) is 0 Å². The zero-order valence-corrected chi connectivity index (χ0v) is 11.6. The van der Waals surface area contributed by atoms with Gasteiger partial charge in [-0.2, -0.15) is 0 Å². The molecule has 1 fully saturated rings. The minimum atomic E-state index is -0.504. The molecule has 1 aliphatic heterocycles. The number of piperidine rings is 1. The molecule has 0 bridgehead atoms. The van der Waals surface area contributed by atoms with Gasteiger partial charge in [0, 0.05) is 30.7 Å². The monoisotopic (exact) mass is 286 g/mol. The Hall–Kier alpha value is -2.50. The normalized spacial score (nSPS) is 16.1. The Morgan fingerprint density at radius 3 is 2.71 bits per heavy atom. The van der Waals surface area contributed by atoms with E-state index in [4.69, 9.17) is 5.73 Å². The van der Waals surface area contributed by atoms with Gasteiger partial charge in [-0.3, -0.25) is 4.79 Å². The number of rotatable bonds is 2. The maximum Gasteiger partial charge on any atom is 0.312 e. The molecule has 110 valence electrons. The van der Waals surface area contributed by atoms with Gasteiger partial charge >= 0.3 is 6.03 Å². The molecular weight excluding hydrogens is 268 g/mol. The molecular formula is C15H18N4O2. The Morgan fingerprint density at radius 2 is 2.00 bits per heavy atom. The number of aromatic amines is 1. The van der Waals surface area contributed by atoms with Crippen LogP contribution in [0.3, 0.4) is 0 Å². The zero-order chi connectivity index (χ0) is 14.8. The first kappa shape index (κ1) is 13.5. The van der Waals surface area contributed by atoms with Crippen LogP contribution in [0.25, 0.3) is 10.9 Å². The van der Waals surface area contributed by atoms with E-state index in [-0.39, 0.29) is 11.9 Å². The molecule has 0 unspecified atom stereocenters. The quantitative estimate of drug-likeness (QED) is 0.779. The molecule has 3 amide bonds. The van der Waals surface area contributed by atoms with Crippen LogP contribution in [0.15, 0.2) is 30.5 Å². The SMILES string of the molecule is NC(=O)NC1CCN(C(=O)c2cccc3cc[nH]c23)CC1. The van der Waals surface area contributed by atoms with Crippen molar-refractivity contribution in [1.29, 1.82) is 0 Å². The van der Waals surface area contributed by atoms with E-state index in [0.717, 1.165) is 23.7 Å². The number of para-hydroxylation sites is 1. The van der Waals surface area contributed by atoms with Gasteiger partial charge in [0.15, 0.2) is 0 Å². The Balaban J connectivity index is 1.72. The second-order valence-corrected chi connectivity index (χ2v) is 5.32. The molecule has 0 aliphatic carbocycles. The van der Waals surface area contributed by atoms with Crippen molar-refractivity contribution in [2.24, 2.45) is 5.73 Å². The third-order valence-corrected chi connectivity index (χ3v) is 3.95. The van der Waals surface area contributed by atoms with E-state index in [1.54, 1.807) is 0 Å². The van der Waals surface area contributed by atoms with Crippen molar-refractivity contribution in [3.63, 3.8) is 0 Å². The van der Waals surface area contributed by atoms with E-state index >= 15 is 0 Å². The number of hydrogen-bond donors (Lipinski definition) is 3. The van der Waals surface area contributed by atoms with Gasteiger partial charge in [-0.1, -0.05) is 12.1 Å². The predicted octanol–water partition coefficient (Wildman–Crippen LogP) is 1.44. The minimum absolute atomic E-state index is 0.0283. The highest BCUT2D eigenvalue weighted by molar-refractivity contribution is 6.05. The summed E-state index contributed by atoms with van der Waals surface area (Å²) in [6, 6.07) is 7.23. The number of urea groups is 1. The molecule has 2 heterocycles. The molecule has 0 saturated carbocycles. The van der Waals surface area contributed by atoms with E-state index < -0.39 is 6.03 Å². The summed E-state index contributed by atoms with van der Waals surface area (Å²) < 4.78 is 0. The average molecular weight is 286 g/mol. The lowest BCUT2D eigenvalue weighted by molar-refractivity contribution is 0.0710. The van der Waals surface area contributed by atoms with Gasteiger partial charge < -0.3 is 20.9 Å². The number of hydrogen-bond acceptors (Lipinski definition) is 2. The Morgan fingerprint density at radius 1 is 1.24 bits per heavy atom. The number of fused-ring (bicyclic) bond motifs is 1. The second kappa shape index (κ2) is 5.47. The third kappa shape index (κ3) is 2.69. The maximum absolute atomic E-state index is 12.6. The van der Waals surface area contributed by atoms with Gasteiger partial charge in [-0.05, 0) is 25.0 Å². The number of aromatic nitrogens is 1. The average Bonchev–Trinajstić information content (AvgIpc) is 2.95. The Bertz CT molecular complexity index is 671. The molecule has 1 aromatic carbocycles. The number of carbonyl (C=O) groups is 2. The Labute approximate surface area is 122 Å². The van der Waals surface area contributed by atoms with Crippen LogP contribution in [-0.4, -0.2) is 41.0 Å².